The number of hydrogen-bond acceptors (Lipinski definition) is 3. The molecule has 13 heavy (non-hydrogen) atoms. The van der Waals surface area contributed by atoms with E-state index >= 15 is 0 Å². The number of carboxylic acid groups (broad SMARTS) is 1. The number of phenols is 2. The Hall–Kier alpha value is -0.710. The fraction of sp³-hybridized carbons (Fsp3) is 0.125. The number of aromatic hydroxyl groups is 2. The van der Waals surface area contributed by atoms with Crippen molar-refractivity contribution in [2.24, 2.45) is 0 Å². The maximum Gasteiger partial charge on any atom is 1.00 e. The molecule has 1 rings (SSSR count). The molecular weight excluding hydrogens is 183 g/mol. The van der Waals surface area contributed by atoms with Crippen molar-refractivity contribution in [2.45, 2.75) is 6.92 Å². The minimum absolute atomic E-state index is 0. The molecule has 0 radical (unpaired) electrons. The first-order valence-corrected chi connectivity index (χ1v) is 3.20. The molecule has 68 valence electrons. The quantitative estimate of drug-likeness (QED) is 0.340. The van der Waals surface area contributed by atoms with Gasteiger partial charge in [0.05, 0.1) is 0 Å². The largest absolute Gasteiger partial charge is 1.00 e. The second-order valence-corrected chi connectivity index (χ2v) is 2.01. The Labute approximate surface area is 99.6 Å². The SMILES string of the molecule is CC(=O)O.Oc1ccccc1O.[H-].[Na+]. The molecule has 0 aliphatic carbocycles. The van der Waals surface area contributed by atoms with Crippen LogP contribution in [0.25, 0.3) is 0 Å². The molecule has 1 aromatic carbocycles. The fourth-order valence-electron chi connectivity index (χ4n) is 0.464. The van der Waals surface area contributed by atoms with Crippen molar-refractivity contribution in [3.05, 3.63) is 24.3 Å². The molecule has 0 aliphatic heterocycles. The van der Waals surface area contributed by atoms with Crippen LogP contribution >= 0.6 is 0 Å². The van der Waals surface area contributed by atoms with Gasteiger partial charge in [-0.05, 0) is 12.1 Å². The van der Waals surface area contributed by atoms with Gasteiger partial charge in [0, 0.05) is 6.92 Å². The van der Waals surface area contributed by atoms with Gasteiger partial charge in [-0.1, -0.05) is 12.1 Å². The third-order valence-corrected chi connectivity index (χ3v) is 0.882. The molecule has 3 N–H and O–H groups in total. The van der Waals surface area contributed by atoms with Crippen molar-refractivity contribution in [3.63, 3.8) is 0 Å². The number of hydrogen-bond donors (Lipinski definition) is 3. The molecule has 0 amide bonds. The number of phenolic OH excluding ortho intramolecular Hbond substituents is 2. The summed E-state index contributed by atoms with van der Waals surface area (Å²) in [4.78, 5) is 9.00. The normalized spacial score (nSPS) is 7.46. The van der Waals surface area contributed by atoms with Gasteiger partial charge < -0.3 is 16.7 Å². The van der Waals surface area contributed by atoms with Crippen LogP contribution in [0.5, 0.6) is 11.5 Å². The number of benzene rings is 1. The minimum atomic E-state index is -0.833. The van der Waals surface area contributed by atoms with Crippen LogP contribution in [0, 0.1) is 0 Å². The first kappa shape index (κ1) is 14.8. The Bertz CT molecular complexity index is 242. The van der Waals surface area contributed by atoms with Crippen LogP contribution in [0.4, 0.5) is 0 Å². The number of para-hydroxylation sites is 2. The molecule has 0 heterocycles. The van der Waals surface area contributed by atoms with Gasteiger partial charge in [-0.15, -0.1) is 0 Å². The second-order valence-electron chi connectivity index (χ2n) is 2.01. The third-order valence-electron chi connectivity index (χ3n) is 0.882. The van der Waals surface area contributed by atoms with E-state index < -0.39 is 5.97 Å². The molecule has 0 spiro atoms. The second kappa shape index (κ2) is 7.91. The van der Waals surface area contributed by atoms with Gasteiger partial charge >= 0.3 is 29.6 Å². The van der Waals surface area contributed by atoms with E-state index in [-0.39, 0.29) is 42.5 Å². The van der Waals surface area contributed by atoms with Gasteiger partial charge in [0.1, 0.15) is 0 Å². The monoisotopic (exact) mass is 194 g/mol. The zero-order chi connectivity index (χ0) is 9.56. The summed E-state index contributed by atoms with van der Waals surface area (Å²) in [6, 6.07) is 6.15. The van der Waals surface area contributed by atoms with E-state index in [1.165, 1.54) is 12.1 Å². The Kier molecular flexibility index (Phi) is 9.01. The maximum atomic E-state index is 9.00. The van der Waals surface area contributed by atoms with E-state index in [9.17, 15) is 0 Å². The number of aliphatic carboxylic acids is 1. The average Bonchev–Trinajstić information content (AvgIpc) is 1.94. The van der Waals surface area contributed by atoms with Crippen molar-refractivity contribution in [1.29, 1.82) is 0 Å². The molecule has 0 saturated heterocycles. The van der Waals surface area contributed by atoms with Crippen LogP contribution in [-0.4, -0.2) is 21.3 Å². The average molecular weight is 194 g/mol. The molecule has 0 aliphatic rings. The van der Waals surface area contributed by atoms with Gasteiger partial charge in [-0.2, -0.15) is 0 Å². The molecule has 0 atom stereocenters. The number of rotatable bonds is 0. The molecule has 0 unspecified atom stereocenters. The predicted octanol–water partition coefficient (Wildman–Crippen LogP) is -1.69. The van der Waals surface area contributed by atoms with Crippen LogP contribution in [0.1, 0.15) is 8.35 Å². The topological polar surface area (TPSA) is 77.8 Å². The molecule has 1 aromatic rings. The molecule has 0 fully saturated rings. The summed E-state index contributed by atoms with van der Waals surface area (Å²) in [6.07, 6.45) is 0. The van der Waals surface area contributed by atoms with Crippen LogP contribution in [-0.2, 0) is 4.79 Å². The van der Waals surface area contributed by atoms with Crippen molar-refractivity contribution in [3.8, 4) is 11.5 Å². The van der Waals surface area contributed by atoms with Crippen LogP contribution in [0.15, 0.2) is 24.3 Å². The summed E-state index contributed by atoms with van der Waals surface area (Å²) in [6.45, 7) is 1.08. The molecule has 0 aromatic heterocycles. The van der Waals surface area contributed by atoms with Crippen molar-refractivity contribution in [1.82, 2.24) is 0 Å². The Morgan fingerprint density at radius 1 is 1.23 bits per heavy atom. The molecule has 4 nitrogen and oxygen atoms in total. The summed E-state index contributed by atoms with van der Waals surface area (Å²) in [7, 11) is 0. The first-order valence-electron chi connectivity index (χ1n) is 3.20. The van der Waals surface area contributed by atoms with E-state index in [1.54, 1.807) is 12.1 Å². The summed E-state index contributed by atoms with van der Waals surface area (Å²) >= 11 is 0. The van der Waals surface area contributed by atoms with E-state index in [1.807, 2.05) is 0 Å². The fourth-order valence-corrected chi connectivity index (χ4v) is 0.464. The van der Waals surface area contributed by atoms with Gasteiger partial charge in [-0.3, -0.25) is 4.79 Å². The van der Waals surface area contributed by atoms with Crippen molar-refractivity contribution >= 4 is 5.97 Å². The molecule has 5 heteroatoms. The number of carbonyl (C=O) groups is 1. The van der Waals surface area contributed by atoms with Crippen molar-refractivity contribution < 1.29 is 51.1 Å². The Morgan fingerprint density at radius 3 is 1.62 bits per heavy atom. The van der Waals surface area contributed by atoms with E-state index in [4.69, 9.17) is 20.1 Å². The standard InChI is InChI=1S/C6H6O2.C2H4O2.Na.H/c7-5-3-1-2-4-6(5)8;1-2(3)4;;/h1-4,7-8H;1H3,(H,3,4);;/q;;+1;-1. The van der Waals surface area contributed by atoms with Gasteiger partial charge in [0.2, 0.25) is 0 Å². The van der Waals surface area contributed by atoms with E-state index in [0.717, 1.165) is 6.92 Å². The summed E-state index contributed by atoms with van der Waals surface area (Å²) < 4.78 is 0. The van der Waals surface area contributed by atoms with Gasteiger partial charge in [0.25, 0.3) is 5.97 Å². The Morgan fingerprint density at radius 2 is 1.46 bits per heavy atom. The van der Waals surface area contributed by atoms with Gasteiger partial charge in [0.15, 0.2) is 11.5 Å². The zero-order valence-corrected chi connectivity index (χ0v) is 9.56. The zero-order valence-electron chi connectivity index (χ0n) is 8.56. The molecule has 0 saturated carbocycles. The molecular formula is C8H11NaO4. The van der Waals surface area contributed by atoms with Crippen LogP contribution < -0.4 is 29.6 Å². The minimum Gasteiger partial charge on any atom is -1.00 e. The number of carboxylic acids is 1. The van der Waals surface area contributed by atoms with Crippen LogP contribution in [0.3, 0.4) is 0 Å². The Balaban J connectivity index is -0.000000180. The van der Waals surface area contributed by atoms with E-state index in [0.29, 0.717) is 0 Å². The van der Waals surface area contributed by atoms with Crippen LogP contribution in [0.2, 0.25) is 0 Å². The van der Waals surface area contributed by atoms with Crippen molar-refractivity contribution in [2.75, 3.05) is 0 Å². The third kappa shape index (κ3) is 9.20. The summed E-state index contributed by atoms with van der Waals surface area (Å²) in [5.74, 6) is -0.986. The first-order chi connectivity index (χ1) is 5.54. The van der Waals surface area contributed by atoms with Gasteiger partial charge in [-0.25, -0.2) is 0 Å². The smallest absolute Gasteiger partial charge is 1.00 e. The van der Waals surface area contributed by atoms with E-state index in [2.05, 4.69) is 0 Å². The summed E-state index contributed by atoms with van der Waals surface area (Å²) in [5, 5.41) is 24.8. The molecule has 0 bridgehead atoms. The summed E-state index contributed by atoms with van der Waals surface area (Å²) in [5.41, 5.74) is 0. The predicted molar refractivity (Wildman–Crippen MR) is 44.2 cm³/mol. The maximum absolute atomic E-state index is 9.00.